The molecule has 0 fully saturated rings. The van der Waals surface area contributed by atoms with Gasteiger partial charge < -0.3 is 24.6 Å². The molecule has 2 heterocycles. The quantitative estimate of drug-likeness (QED) is 0.161. The lowest BCUT2D eigenvalue weighted by atomic mass is 9.98. The van der Waals surface area contributed by atoms with Gasteiger partial charge in [0, 0.05) is 39.8 Å². The molecule has 0 aliphatic rings. The molecule has 44 heavy (non-hydrogen) atoms. The average Bonchev–Trinajstić information content (AvgIpc) is 3.26. The molecular formula is C34H40N2O7S. The van der Waals surface area contributed by atoms with Gasteiger partial charge in [-0.3, -0.25) is 9.59 Å². The van der Waals surface area contributed by atoms with Gasteiger partial charge in [0.25, 0.3) is 0 Å². The second-order valence-electron chi connectivity index (χ2n) is 11.7. The number of fused-ring (bicyclic) bond motifs is 2. The molecule has 10 heteroatoms. The van der Waals surface area contributed by atoms with Gasteiger partial charge >= 0.3 is 11.6 Å². The number of carboxylic acids is 1. The van der Waals surface area contributed by atoms with Crippen LogP contribution in [0.1, 0.15) is 60.3 Å². The fourth-order valence-electron chi connectivity index (χ4n) is 5.31. The number of carbonyl (C=O) groups excluding carboxylic acids is 2. The van der Waals surface area contributed by atoms with Crippen molar-refractivity contribution in [3.8, 4) is 0 Å². The van der Waals surface area contributed by atoms with E-state index < -0.39 is 35.5 Å². The SMILES string of the molecule is Cc1oc2c(C)c3oc(=O)c(CCC(=O)N[C@@H](CC(C)C)C(=O)N[C@@H](CSCc4ccccc4)C(=O)O)c(C)c3cc2c1C. The second kappa shape index (κ2) is 14.2. The van der Waals surface area contributed by atoms with Crippen LogP contribution in [0.4, 0.5) is 0 Å². The molecule has 4 aromatic rings. The number of amides is 2. The van der Waals surface area contributed by atoms with Crippen molar-refractivity contribution >= 4 is 51.5 Å². The highest BCUT2D eigenvalue weighted by atomic mass is 32.2. The van der Waals surface area contributed by atoms with Gasteiger partial charge in [0.2, 0.25) is 11.8 Å². The van der Waals surface area contributed by atoms with Gasteiger partial charge in [-0.25, -0.2) is 9.59 Å². The predicted octanol–water partition coefficient (Wildman–Crippen LogP) is 5.74. The number of furan rings is 1. The van der Waals surface area contributed by atoms with E-state index in [1.165, 1.54) is 11.8 Å². The van der Waals surface area contributed by atoms with Crippen LogP contribution in [0.3, 0.4) is 0 Å². The molecule has 234 valence electrons. The van der Waals surface area contributed by atoms with Gasteiger partial charge in [0.15, 0.2) is 0 Å². The Kier molecular flexibility index (Phi) is 10.6. The number of benzene rings is 2. The third-order valence-electron chi connectivity index (χ3n) is 7.92. The summed E-state index contributed by atoms with van der Waals surface area (Å²) in [6.07, 6.45) is 0.413. The zero-order chi connectivity index (χ0) is 32.1. The van der Waals surface area contributed by atoms with Crippen LogP contribution < -0.4 is 16.3 Å². The number of carbonyl (C=O) groups is 3. The summed E-state index contributed by atoms with van der Waals surface area (Å²) in [5, 5.41) is 16.8. The van der Waals surface area contributed by atoms with E-state index in [0.717, 1.165) is 38.8 Å². The van der Waals surface area contributed by atoms with Crippen molar-refractivity contribution in [2.45, 2.75) is 78.6 Å². The Labute approximate surface area is 260 Å². The number of aliphatic carboxylic acids is 1. The van der Waals surface area contributed by atoms with E-state index in [1.54, 1.807) is 0 Å². The minimum atomic E-state index is -1.14. The van der Waals surface area contributed by atoms with Gasteiger partial charge in [-0.15, -0.1) is 0 Å². The Morgan fingerprint density at radius 2 is 1.55 bits per heavy atom. The van der Waals surface area contributed by atoms with Crippen LogP contribution >= 0.6 is 11.8 Å². The number of rotatable bonds is 13. The summed E-state index contributed by atoms with van der Waals surface area (Å²) in [6.45, 7) is 11.4. The van der Waals surface area contributed by atoms with Crippen LogP contribution in [-0.2, 0) is 26.6 Å². The van der Waals surface area contributed by atoms with E-state index in [2.05, 4.69) is 10.6 Å². The van der Waals surface area contributed by atoms with Crippen molar-refractivity contribution in [3.05, 3.63) is 80.4 Å². The van der Waals surface area contributed by atoms with E-state index in [0.29, 0.717) is 28.9 Å². The number of aryl methyl sites for hydroxylation is 4. The largest absolute Gasteiger partial charge is 0.480 e. The van der Waals surface area contributed by atoms with Crippen LogP contribution in [0.15, 0.2) is 50.0 Å². The fourth-order valence-corrected chi connectivity index (χ4v) is 6.31. The summed E-state index contributed by atoms with van der Waals surface area (Å²) in [4.78, 5) is 51.2. The first-order valence-electron chi connectivity index (χ1n) is 14.8. The topological polar surface area (TPSA) is 139 Å². The van der Waals surface area contributed by atoms with Crippen LogP contribution in [0.25, 0.3) is 21.9 Å². The molecule has 0 unspecified atom stereocenters. The molecule has 2 aromatic carbocycles. The molecule has 2 atom stereocenters. The Hall–Kier alpha value is -4.05. The summed E-state index contributed by atoms with van der Waals surface area (Å²) in [7, 11) is 0. The highest BCUT2D eigenvalue weighted by Crippen LogP contribution is 2.34. The molecule has 0 saturated heterocycles. The minimum Gasteiger partial charge on any atom is -0.480 e. The lowest BCUT2D eigenvalue weighted by Gasteiger charge is -2.23. The van der Waals surface area contributed by atoms with E-state index in [1.807, 2.05) is 77.9 Å². The summed E-state index contributed by atoms with van der Waals surface area (Å²) in [5.41, 5.74) is 4.60. The van der Waals surface area contributed by atoms with Crippen LogP contribution in [0, 0.1) is 33.6 Å². The average molecular weight is 621 g/mol. The molecule has 2 amide bonds. The lowest BCUT2D eigenvalue weighted by molar-refractivity contribution is -0.141. The molecule has 2 aromatic heterocycles. The second-order valence-corrected chi connectivity index (χ2v) is 12.7. The molecule has 0 spiro atoms. The van der Waals surface area contributed by atoms with Crippen LogP contribution in [0.5, 0.6) is 0 Å². The third-order valence-corrected chi connectivity index (χ3v) is 9.02. The van der Waals surface area contributed by atoms with Gasteiger partial charge in [0.1, 0.15) is 29.0 Å². The number of thioether (sulfide) groups is 1. The first kappa shape index (κ1) is 32.9. The monoisotopic (exact) mass is 620 g/mol. The van der Waals surface area contributed by atoms with E-state index in [4.69, 9.17) is 8.83 Å². The molecular weight excluding hydrogens is 580 g/mol. The Bertz CT molecular complexity index is 1740. The highest BCUT2D eigenvalue weighted by molar-refractivity contribution is 7.98. The fraction of sp³-hybridized carbons (Fsp3) is 0.412. The van der Waals surface area contributed by atoms with Crippen LogP contribution in [0.2, 0.25) is 0 Å². The molecule has 0 bridgehead atoms. The molecule has 0 radical (unpaired) electrons. The maximum absolute atomic E-state index is 13.2. The van der Waals surface area contributed by atoms with E-state index >= 15 is 0 Å². The van der Waals surface area contributed by atoms with Gasteiger partial charge in [-0.05, 0) is 69.2 Å². The smallest absolute Gasteiger partial charge is 0.339 e. The Balaban J connectivity index is 1.44. The zero-order valence-electron chi connectivity index (χ0n) is 26.0. The first-order valence-corrected chi connectivity index (χ1v) is 15.9. The van der Waals surface area contributed by atoms with Crippen molar-refractivity contribution in [1.82, 2.24) is 10.6 Å². The Morgan fingerprint density at radius 1 is 0.886 bits per heavy atom. The summed E-state index contributed by atoms with van der Waals surface area (Å²) in [5.74, 6) is -0.447. The summed E-state index contributed by atoms with van der Waals surface area (Å²) < 4.78 is 11.6. The Morgan fingerprint density at radius 3 is 2.20 bits per heavy atom. The first-order chi connectivity index (χ1) is 20.9. The van der Waals surface area contributed by atoms with Crippen molar-refractivity contribution in [2.24, 2.45) is 5.92 Å². The van der Waals surface area contributed by atoms with Crippen molar-refractivity contribution in [3.63, 3.8) is 0 Å². The number of hydrogen-bond donors (Lipinski definition) is 3. The van der Waals surface area contributed by atoms with Gasteiger partial charge in [-0.1, -0.05) is 44.2 Å². The standard InChI is InChI=1S/C34H40N2O7S/c1-18(2)14-27(32(38)36-28(33(39)40)17-44-16-23-10-8-7-9-11-23)35-29(37)13-12-24-20(4)26-15-25-19(3)22(6)42-30(25)21(5)31(26)43-34(24)41/h7-11,15,18,27-28H,12-14,16-17H2,1-6H3,(H,35,37)(H,36,38)(H,39,40)/t27-,28-/m0/s1. The highest BCUT2D eigenvalue weighted by Gasteiger charge is 2.27. The minimum absolute atomic E-state index is 0.0423. The normalized spacial score (nSPS) is 12.9. The van der Waals surface area contributed by atoms with E-state index in [-0.39, 0.29) is 24.5 Å². The molecule has 9 nitrogen and oxygen atoms in total. The van der Waals surface area contributed by atoms with Crippen LogP contribution in [-0.4, -0.2) is 40.7 Å². The van der Waals surface area contributed by atoms with Gasteiger partial charge in [-0.2, -0.15) is 11.8 Å². The van der Waals surface area contributed by atoms with Crippen molar-refractivity contribution in [2.75, 3.05) is 5.75 Å². The number of hydrogen-bond acceptors (Lipinski definition) is 7. The molecule has 0 aliphatic carbocycles. The number of nitrogens with one attached hydrogen (secondary N) is 2. The molecule has 0 aliphatic heterocycles. The maximum Gasteiger partial charge on any atom is 0.339 e. The molecule has 4 rings (SSSR count). The van der Waals surface area contributed by atoms with Gasteiger partial charge in [0.05, 0.1) is 0 Å². The molecule has 0 saturated carbocycles. The van der Waals surface area contributed by atoms with Crippen molar-refractivity contribution in [1.29, 1.82) is 0 Å². The number of carboxylic acid groups (broad SMARTS) is 1. The maximum atomic E-state index is 13.2. The predicted molar refractivity (Wildman–Crippen MR) is 173 cm³/mol. The third kappa shape index (κ3) is 7.53. The van der Waals surface area contributed by atoms with Crippen molar-refractivity contribution < 1.29 is 28.3 Å². The summed E-state index contributed by atoms with van der Waals surface area (Å²) >= 11 is 1.41. The van der Waals surface area contributed by atoms with E-state index in [9.17, 15) is 24.3 Å². The zero-order valence-corrected chi connectivity index (χ0v) is 26.9. The summed E-state index contributed by atoms with van der Waals surface area (Å²) in [6, 6.07) is 9.60. The lowest BCUT2D eigenvalue weighted by Crippen LogP contribution is -2.52. The molecule has 3 N–H and O–H groups in total.